The van der Waals surface area contributed by atoms with Crippen molar-refractivity contribution in [3.63, 3.8) is 0 Å². The largest absolute Gasteiger partial charge is 0.472 e. The zero-order valence-electron chi connectivity index (χ0n) is 62.8. The first-order chi connectivity index (χ1) is 48.7. The fourth-order valence-corrected chi connectivity index (χ4v) is 11.9. The highest BCUT2D eigenvalue weighted by molar-refractivity contribution is 7.47. The molecule has 0 fully saturated rings. The van der Waals surface area contributed by atoms with E-state index in [0.717, 1.165) is 135 Å². The Morgan fingerprint density at radius 2 is 0.530 bits per heavy atom. The van der Waals surface area contributed by atoms with Crippen molar-refractivity contribution in [2.75, 3.05) is 39.6 Å². The first-order valence-corrected chi connectivity index (χ1v) is 42.1. The second-order valence-electron chi connectivity index (χ2n) is 25.9. The number of phosphoric acid groups is 2. The highest BCUT2D eigenvalue weighted by atomic mass is 31.2. The second-order valence-corrected chi connectivity index (χ2v) is 28.8. The van der Waals surface area contributed by atoms with Crippen LogP contribution < -0.4 is 0 Å². The van der Waals surface area contributed by atoms with E-state index in [0.29, 0.717) is 32.1 Å². The molecule has 576 valence electrons. The van der Waals surface area contributed by atoms with Crippen LogP contribution in [0.2, 0.25) is 0 Å². The Hall–Kier alpha value is -4.28. The molecule has 0 rings (SSSR count). The van der Waals surface area contributed by atoms with Crippen LogP contribution in [-0.2, 0) is 65.4 Å². The van der Waals surface area contributed by atoms with Crippen molar-refractivity contribution in [3.8, 4) is 0 Å². The summed E-state index contributed by atoms with van der Waals surface area (Å²) in [4.78, 5) is 72.9. The number of rotatable bonds is 73. The molecule has 5 unspecified atom stereocenters. The number of carbonyl (C=O) groups excluding carboxylic acids is 4. The maximum absolute atomic E-state index is 13.1. The number of esters is 4. The molecule has 0 aliphatic heterocycles. The Balaban J connectivity index is 5.38. The van der Waals surface area contributed by atoms with Crippen LogP contribution in [0.1, 0.15) is 323 Å². The molecule has 3 N–H and O–H groups in total. The molecule has 0 aromatic carbocycles. The summed E-state index contributed by atoms with van der Waals surface area (Å²) in [5.74, 6) is -2.25. The number of allylic oxidation sites excluding steroid dienone is 18. The number of unbranched alkanes of at least 4 members (excludes halogenated alkanes) is 29. The van der Waals surface area contributed by atoms with Crippen molar-refractivity contribution < 1.29 is 80.2 Å². The van der Waals surface area contributed by atoms with E-state index >= 15 is 0 Å². The fourth-order valence-electron chi connectivity index (χ4n) is 10.4. The summed E-state index contributed by atoms with van der Waals surface area (Å²) < 4.78 is 68.5. The van der Waals surface area contributed by atoms with Gasteiger partial charge in [-0.3, -0.25) is 37.3 Å². The molecular formula is C81H140O17P2. The Labute approximate surface area is 607 Å². The number of ether oxygens (including phenoxy) is 4. The van der Waals surface area contributed by atoms with Gasteiger partial charge >= 0.3 is 39.5 Å². The lowest BCUT2D eigenvalue weighted by Gasteiger charge is -2.21. The Kier molecular flexibility index (Phi) is 69.9. The molecule has 0 saturated heterocycles. The second kappa shape index (κ2) is 73.0. The third-order valence-electron chi connectivity index (χ3n) is 16.3. The minimum absolute atomic E-state index is 0.0839. The van der Waals surface area contributed by atoms with Crippen LogP contribution in [0.15, 0.2) is 109 Å². The van der Waals surface area contributed by atoms with E-state index in [9.17, 15) is 43.2 Å². The van der Waals surface area contributed by atoms with Crippen molar-refractivity contribution in [2.24, 2.45) is 0 Å². The molecule has 100 heavy (non-hydrogen) atoms. The number of hydrogen-bond donors (Lipinski definition) is 3. The monoisotopic (exact) mass is 1450 g/mol. The SMILES string of the molecule is CC/C=C\C/C=C\C/C=C\C/C=C\C/C=C\CCCC(=O)OCC(COP(=O)(O)OCC(O)COP(=O)(O)OCC(COC(=O)CCCCCC/C=C\C/C=C\C/C=C\C/C=C\CC)OC(=O)CCCCCCCCCCCCCCCCC)OC(=O)CCCCCCCCCCCCC. The van der Waals surface area contributed by atoms with Crippen LogP contribution in [-0.4, -0.2) is 96.7 Å². The predicted octanol–water partition coefficient (Wildman–Crippen LogP) is 22.6. The molecule has 0 bridgehead atoms. The van der Waals surface area contributed by atoms with Gasteiger partial charge in [-0.05, 0) is 103 Å². The maximum atomic E-state index is 13.1. The van der Waals surface area contributed by atoms with E-state index in [1.165, 1.54) is 103 Å². The van der Waals surface area contributed by atoms with E-state index in [-0.39, 0.29) is 25.7 Å². The van der Waals surface area contributed by atoms with Gasteiger partial charge in [0.15, 0.2) is 12.2 Å². The summed E-state index contributed by atoms with van der Waals surface area (Å²) >= 11 is 0. The number of phosphoric ester groups is 2. The standard InChI is InChI=1S/C81H140O17P2/c1-5-9-13-17-21-25-29-32-35-37-40-42-46-49-53-57-61-65-78(83)91-71-76(97-80(85)67-63-59-55-51-45-28-24-20-16-12-8-4)73-95-99(87,88)93-69-75(82)70-94-100(89,90)96-74-77(98-81(86)68-64-60-56-52-48-44-39-34-31-27-23-19-15-11-7-3)72-92-79(84)66-62-58-54-50-47-43-41-38-36-33-30-26-22-18-14-10-6-2/h9-10,13-14,21-22,25-26,32-33,35-36,40-43,49,53,75-77,82H,5-8,11-12,15-20,23-24,27-31,34,37-39,44-48,50-52,54-74H2,1-4H3,(H,87,88)(H,89,90)/b13-9-,14-10-,25-21-,26-22-,35-32-,36-33-,42-40-,43-41-,53-49-. The third-order valence-corrected chi connectivity index (χ3v) is 18.2. The molecule has 0 spiro atoms. The van der Waals surface area contributed by atoms with Crippen molar-refractivity contribution >= 4 is 39.5 Å². The molecule has 0 saturated carbocycles. The van der Waals surface area contributed by atoms with Crippen LogP contribution in [0.5, 0.6) is 0 Å². The van der Waals surface area contributed by atoms with Crippen LogP contribution in [0.25, 0.3) is 0 Å². The minimum Gasteiger partial charge on any atom is -0.462 e. The molecule has 0 aromatic heterocycles. The molecule has 0 aliphatic rings. The molecule has 5 atom stereocenters. The number of carbonyl (C=O) groups is 4. The average molecular weight is 1450 g/mol. The number of aliphatic hydroxyl groups excluding tert-OH is 1. The number of hydrogen-bond acceptors (Lipinski definition) is 15. The van der Waals surface area contributed by atoms with Gasteiger partial charge in [0.25, 0.3) is 0 Å². The van der Waals surface area contributed by atoms with Crippen molar-refractivity contribution in [2.45, 2.75) is 341 Å². The van der Waals surface area contributed by atoms with E-state index in [1.807, 2.05) is 12.2 Å². The van der Waals surface area contributed by atoms with Gasteiger partial charge in [0.2, 0.25) is 0 Å². The minimum atomic E-state index is -4.98. The predicted molar refractivity (Wildman–Crippen MR) is 408 cm³/mol. The Morgan fingerprint density at radius 3 is 0.840 bits per heavy atom. The zero-order chi connectivity index (χ0) is 73.2. The van der Waals surface area contributed by atoms with Crippen LogP contribution >= 0.6 is 15.6 Å². The topological polar surface area (TPSA) is 237 Å². The summed E-state index contributed by atoms with van der Waals surface area (Å²) in [5.41, 5.74) is 0. The lowest BCUT2D eigenvalue weighted by molar-refractivity contribution is -0.161. The van der Waals surface area contributed by atoms with Crippen molar-refractivity contribution in [1.82, 2.24) is 0 Å². The summed E-state index contributed by atoms with van der Waals surface area (Å²) in [6.07, 6.45) is 78.0. The quantitative estimate of drug-likeness (QED) is 0.0169. The van der Waals surface area contributed by atoms with Crippen molar-refractivity contribution in [1.29, 1.82) is 0 Å². The zero-order valence-corrected chi connectivity index (χ0v) is 64.6. The smallest absolute Gasteiger partial charge is 0.462 e. The van der Waals surface area contributed by atoms with Gasteiger partial charge in [0, 0.05) is 25.7 Å². The van der Waals surface area contributed by atoms with Crippen LogP contribution in [0, 0.1) is 0 Å². The Morgan fingerprint density at radius 1 is 0.290 bits per heavy atom. The van der Waals surface area contributed by atoms with Gasteiger partial charge in [0.1, 0.15) is 19.3 Å². The Bertz CT molecular complexity index is 2320. The van der Waals surface area contributed by atoms with E-state index in [2.05, 4.69) is 125 Å². The van der Waals surface area contributed by atoms with Gasteiger partial charge in [-0.2, -0.15) is 0 Å². The highest BCUT2D eigenvalue weighted by Crippen LogP contribution is 2.45. The van der Waals surface area contributed by atoms with E-state index in [4.69, 9.17) is 37.0 Å². The molecule has 17 nitrogen and oxygen atoms in total. The summed E-state index contributed by atoms with van der Waals surface area (Å²) in [5, 5.41) is 10.6. The highest BCUT2D eigenvalue weighted by Gasteiger charge is 2.30. The first-order valence-electron chi connectivity index (χ1n) is 39.1. The molecule has 0 heterocycles. The van der Waals surface area contributed by atoms with Gasteiger partial charge in [-0.15, -0.1) is 0 Å². The molecule has 0 amide bonds. The molecule has 0 radical (unpaired) electrons. The van der Waals surface area contributed by atoms with Gasteiger partial charge in [0.05, 0.1) is 26.4 Å². The maximum Gasteiger partial charge on any atom is 0.472 e. The van der Waals surface area contributed by atoms with Crippen molar-refractivity contribution in [3.05, 3.63) is 109 Å². The van der Waals surface area contributed by atoms with Gasteiger partial charge < -0.3 is 33.8 Å². The summed E-state index contributed by atoms with van der Waals surface area (Å²) in [7, 11) is -9.97. The third kappa shape index (κ3) is 72.1. The van der Waals surface area contributed by atoms with Crippen LogP contribution in [0.4, 0.5) is 0 Å². The lowest BCUT2D eigenvalue weighted by Crippen LogP contribution is -2.30. The molecule has 0 aliphatic carbocycles. The fraction of sp³-hybridized carbons (Fsp3) is 0.728. The van der Waals surface area contributed by atoms with E-state index in [1.54, 1.807) is 0 Å². The number of aliphatic hydroxyl groups is 1. The normalized spacial score (nSPS) is 14.5. The molecular weight excluding hydrogens is 1310 g/mol. The summed E-state index contributed by atoms with van der Waals surface area (Å²) in [6.45, 7) is 4.58. The molecule has 19 heteroatoms. The first kappa shape index (κ1) is 95.7. The van der Waals surface area contributed by atoms with Crippen LogP contribution in [0.3, 0.4) is 0 Å². The lowest BCUT2D eigenvalue weighted by atomic mass is 10.0. The molecule has 0 aromatic rings. The van der Waals surface area contributed by atoms with E-state index < -0.39 is 97.5 Å². The van der Waals surface area contributed by atoms with Gasteiger partial charge in [-0.1, -0.05) is 304 Å². The average Bonchev–Trinajstić information content (AvgIpc) is 0.989. The van der Waals surface area contributed by atoms with Gasteiger partial charge in [-0.25, -0.2) is 9.13 Å². The summed E-state index contributed by atoms with van der Waals surface area (Å²) in [6, 6.07) is 0.